The molecule has 0 aliphatic carbocycles. The van der Waals surface area contributed by atoms with Crippen LogP contribution in [-0.4, -0.2) is 56.4 Å². The van der Waals surface area contributed by atoms with E-state index in [0.717, 1.165) is 0 Å². The Morgan fingerprint density at radius 3 is 2.60 bits per heavy atom. The van der Waals surface area contributed by atoms with E-state index in [-0.39, 0.29) is 29.7 Å². The van der Waals surface area contributed by atoms with E-state index in [0.29, 0.717) is 5.16 Å². The van der Waals surface area contributed by atoms with E-state index in [4.69, 9.17) is 0 Å². The van der Waals surface area contributed by atoms with Crippen LogP contribution >= 0.6 is 11.8 Å². The zero-order valence-electron chi connectivity index (χ0n) is 12.5. The molecule has 0 unspecified atom stereocenters. The minimum atomic E-state index is -0.297. The Labute approximate surface area is 123 Å². The highest BCUT2D eigenvalue weighted by atomic mass is 32.2. The van der Waals surface area contributed by atoms with Crippen LogP contribution in [0.1, 0.15) is 20.8 Å². The molecule has 20 heavy (non-hydrogen) atoms. The zero-order valence-corrected chi connectivity index (χ0v) is 13.3. The van der Waals surface area contributed by atoms with Crippen molar-refractivity contribution < 1.29 is 9.59 Å². The minimum Gasteiger partial charge on any atom is -0.350 e. The standard InChI is InChI=1S/C12H21N5O2S/c1-12(2,3)14-9(18)6-16(4)10(19)7-20-11-15-13-8-17(11)5/h8H,6-7H2,1-5H3,(H,14,18). The van der Waals surface area contributed by atoms with Crippen LogP contribution in [0.5, 0.6) is 0 Å². The lowest BCUT2D eigenvalue weighted by Crippen LogP contribution is -2.46. The van der Waals surface area contributed by atoms with Crippen molar-refractivity contribution in [2.24, 2.45) is 7.05 Å². The molecule has 0 spiro atoms. The average molecular weight is 299 g/mol. The van der Waals surface area contributed by atoms with Gasteiger partial charge in [-0.3, -0.25) is 9.59 Å². The molecule has 1 aromatic heterocycles. The number of aryl methyl sites for hydroxylation is 1. The Kier molecular flexibility index (Phi) is 5.55. The predicted octanol–water partition coefficient (Wildman–Crippen LogP) is 0.280. The molecular weight excluding hydrogens is 278 g/mol. The Morgan fingerprint density at radius 1 is 1.45 bits per heavy atom. The highest BCUT2D eigenvalue weighted by molar-refractivity contribution is 7.99. The van der Waals surface area contributed by atoms with Crippen LogP contribution in [0.4, 0.5) is 0 Å². The summed E-state index contributed by atoms with van der Waals surface area (Å²) in [6, 6.07) is 0. The van der Waals surface area contributed by atoms with Gasteiger partial charge in [0, 0.05) is 19.6 Å². The molecule has 0 radical (unpaired) electrons. The molecule has 0 saturated heterocycles. The SMILES string of the molecule is CN(CC(=O)NC(C)(C)C)C(=O)CSc1nncn1C. The van der Waals surface area contributed by atoms with Crippen molar-refractivity contribution in [2.45, 2.75) is 31.5 Å². The summed E-state index contributed by atoms with van der Waals surface area (Å²) in [7, 11) is 3.43. The predicted molar refractivity (Wildman–Crippen MR) is 77.3 cm³/mol. The highest BCUT2D eigenvalue weighted by Gasteiger charge is 2.18. The van der Waals surface area contributed by atoms with Gasteiger partial charge in [-0.15, -0.1) is 10.2 Å². The molecule has 0 aromatic carbocycles. The maximum Gasteiger partial charge on any atom is 0.240 e. The fraction of sp³-hybridized carbons (Fsp3) is 0.667. The monoisotopic (exact) mass is 299 g/mol. The lowest BCUT2D eigenvalue weighted by atomic mass is 10.1. The van der Waals surface area contributed by atoms with Crippen LogP contribution in [-0.2, 0) is 16.6 Å². The third kappa shape index (κ3) is 5.60. The fourth-order valence-corrected chi connectivity index (χ4v) is 2.23. The molecule has 0 aliphatic rings. The number of hydrogen-bond donors (Lipinski definition) is 1. The van der Waals surface area contributed by atoms with Crippen LogP contribution in [0.15, 0.2) is 11.5 Å². The number of thioether (sulfide) groups is 1. The number of aromatic nitrogens is 3. The number of carbonyl (C=O) groups is 2. The van der Waals surface area contributed by atoms with E-state index in [9.17, 15) is 9.59 Å². The highest BCUT2D eigenvalue weighted by Crippen LogP contribution is 2.13. The van der Waals surface area contributed by atoms with Gasteiger partial charge in [0.2, 0.25) is 11.8 Å². The molecule has 0 aliphatic heterocycles. The lowest BCUT2D eigenvalue weighted by molar-refractivity contribution is -0.133. The number of rotatable bonds is 5. The topological polar surface area (TPSA) is 80.1 Å². The van der Waals surface area contributed by atoms with Gasteiger partial charge in [-0.05, 0) is 20.8 Å². The first-order valence-corrected chi connectivity index (χ1v) is 7.19. The molecule has 7 nitrogen and oxygen atoms in total. The van der Waals surface area contributed by atoms with Gasteiger partial charge < -0.3 is 14.8 Å². The quantitative estimate of drug-likeness (QED) is 0.790. The van der Waals surface area contributed by atoms with E-state index in [1.54, 1.807) is 17.9 Å². The smallest absolute Gasteiger partial charge is 0.240 e. The number of nitrogens with one attached hydrogen (secondary N) is 1. The Balaban J connectivity index is 2.40. The van der Waals surface area contributed by atoms with Crippen molar-refractivity contribution in [2.75, 3.05) is 19.3 Å². The second-order valence-electron chi connectivity index (χ2n) is 5.56. The third-order valence-corrected chi connectivity index (χ3v) is 3.33. The number of hydrogen-bond acceptors (Lipinski definition) is 5. The van der Waals surface area contributed by atoms with Crippen molar-refractivity contribution in [1.82, 2.24) is 25.0 Å². The summed E-state index contributed by atoms with van der Waals surface area (Å²) in [6.07, 6.45) is 1.58. The second-order valence-corrected chi connectivity index (χ2v) is 6.50. The van der Waals surface area contributed by atoms with Crippen LogP contribution in [0.25, 0.3) is 0 Å². The van der Waals surface area contributed by atoms with Gasteiger partial charge in [0.1, 0.15) is 6.33 Å². The van der Waals surface area contributed by atoms with Gasteiger partial charge in [-0.1, -0.05) is 11.8 Å². The molecule has 0 bridgehead atoms. The van der Waals surface area contributed by atoms with Crippen molar-refractivity contribution in [1.29, 1.82) is 0 Å². The van der Waals surface area contributed by atoms with E-state index < -0.39 is 0 Å². The largest absolute Gasteiger partial charge is 0.350 e. The van der Waals surface area contributed by atoms with Gasteiger partial charge in [-0.2, -0.15) is 0 Å². The van der Waals surface area contributed by atoms with E-state index in [2.05, 4.69) is 15.5 Å². The summed E-state index contributed by atoms with van der Waals surface area (Å²) >= 11 is 1.30. The Bertz CT molecular complexity index is 480. The molecule has 1 heterocycles. The number of amides is 2. The van der Waals surface area contributed by atoms with Crippen LogP contribution < -0.4 is 5.32 Å². The lowest BCUT2D eigenvalue weighted by Gasteiger charge is -2.23. The van der Waals surface area contributed by atoms with Crippen molar-refractivity contribution >= 4 is 23.6 Å². The molecule has 0 atom stereocenters. The first kappa shape index (κ1) is 16.5. The number of carbonyl (C=O) groups excluding carboxylic acids is 2. The van der Waals surface area contributed by atoms with Crippen LogP contribution in [0.2, 0.25) is 0 Å². The molecule has 1 N–H and O–H groups in total. The van der Waals surface area contributed by atoms with Crippen LogP contribution in [0.3, 0.4) is 0 Å². The molecule has 0 saturated carbocycles. The van der Waals surface area contributed by atoms with Gasteiger partial charge in [-0.25, -0.2) is 0 Å². The summed E-state index contributed by atoms with van der Waals surface area (Å²) in [5.41, 5.74) is -0.297. The van der Waals surface area contributed by atoms with Crippen molar-refractivity contribution in [3.8, 4) is 0 Å². The first-order valence-electron chi connectivity index (χ1n) is 6.21. The number of likely N-dealkylation sites (N-methyl/N-ethyl adjacent to an activating group) is 1. The van der Waals surface area contributed by atoms with Crippen molar-refractivity contribution in [3.05, 3.63) is 6.33 Å². The normalized spacial score (nSPS) is 11.2. The maximum atomic E-state index is 11.9. The van der Waals surface area contributed by atoms with E-state index in [1.165, 1.54) is 16.7 Å². The molecule has 1 aromatic rings. The zero-order chi connectivity index (χ0) is 15.3. The van der Waals surface area contributed by atoms with Crippen molar-refractivity contribution in [3.63, 3.8) is 0 Å². The summed E-state index contributed by atoms with van der Waals surface area (Å²) in [5.74, 6) is -0.0645. The Morgan fingerprint density at radius 2 is 2.10 bits per heavy atom. The first-order chi connectivity index (χ1) is 9.19. The summed E-state index contributed by atoms with van der Waals surface area (Å²) in [4.78, 5) is 25.0. The molecule has 8 heteroatoms. The van der Waals surface area contributed by atoms with Gasteiger partial charge >= 0.3 is 0 Å². The summed E-state index contributed by atoms with van der Waals surface area (Å²) in [6.45, 7) is 5.75. The molecule has 112 valence electrons. The van der Waals surface area contributed by atoms with Gasteiger partial charge in [0.05, 0.1) is 12.3 Å². The van der Waals surface area contributed by atoms with Crippen LogP contribution in [0, 0.1) is 0 Å². The second kappa shape index (κ2) is 6.74. The van der Waals surface area contributed by atoms with E-state index >= 15 is 0 Å². The minimum absolute atomic E-state index is 0.0511. The molecule has 0 fully saturated rings. The van der Waals surface area contributed by atoms with E-state index in [1.807, 2.05) is 27.8 Å². The molecule has 2 amide bonds. The summed E-state index contributed by atoms with van der Waals surface area (Å²) < 4.78 is 1.74. The third-order valence-electron chi connectivity index (χ3n) is 2.32. The average Bonchev–Trinajstić information content (AvgIpc) is 2.68. The molecule has 1 rings (SSSR count). The fourth-order valence-electron chi connectivity index (χ4n) is 1.40. The Hall–Kier alpha value is -1.57. The maximum absolute atomic E-state index is 11.9. The summed E-state index contributed by atoms with van der Waals surface area (Å²) in [5, 5.41) is 11.1. The molecular formula is C12H21N5O2S. The van der Waals surface area contributed by atoms with Gasteiger partial charge in [0.25, 0.3) is 0 Å². The van der Waals surface area contributed by atoms with Gasteiger partial charge in [0.15, 0.2) is 5.16 Å². The number of nitrogens with zero attached hydrogens (tertiary/aromatic N) is 4.